The van der Waals surface area contributed by atoms with E-state index in [0.717, 1.165) is 31.0 Å². The summed E-state index contributed by atoms with van der Waals surface area (Å²) >= 11 is 11.2. The SMILES string of the molecule is Clc1ccccc1Cl.O=c1[nH]c(-c2cccc(OCC3CNCCOC3)c2)no1. The third kappa shape index (κ3) is 6.90. The third-order valence-electron chi connectivity index (χ3n) is 4.07. The van der Waals surface area contributed by atoms with Crippen molar-refractivity contribution in [1.29, 1.82) is 0 Å². The predicted octanol–water partition coefficient (Wildman–Crippen LogP) is 3.64. The number of rotatable bonds is 4. The fourth-order valence-electron chi connectivity index (χ4n) is 2.61. The van der Waals surface area contributed by atoms with E-state index in [2.05, 4.69) is 20.0 Å². The van der Waals surface area contributed by atoms with Gasteiger partial charge in [0.15, 0.2) is 5.82 Å². The summed E-state index contributed by atoms with van der Waals surface area (Å²) in [4.78, 5) is 13.5. The summed E-state index contributed by atoms with van der Waals surface area (Å²) < 4.78 is 15.8. The molecule has 7 nitrogen and oxygen atoms in total. The molecule has 9 heteroatoms. The Hall–Kier alpha value is -2.32. The minimum Gasteiger partial charge on any atom is -0.493 e. The average Bonchev–Trinajstić information content (AvgIpc) is 3.00. The van der Waals surface area contributed by atoms with E-state index in [1.165, 1.54) is 0 Å². The van der Waals surface area contributed by atoms with Crippen LogP contribution >= 0.6 is 23.2 Å². The van der Waals surface area contributed by atoms with Crippen LogP contribution in [0.3, 0.4) is 0 Å². The van der Waals surface area contributed by atoms with E-state index in [1.54, 1.807) is 12.1 Å². The van der Waals surface area contributed by atoms with Crippen molar-refractivity contribution >= 4 is 23.2 Å². The van der Waals surface area contributed by atoms with Crippen LogP contribution in [-0.4, -0.2) is 43.1 Å². The highest BCUT2D eigenvalue weighted by Crippen LogP contribution is 2.21. The molecule has 1 aliphatic rings. The Morgan fingerprint density at radius 3 is 2.62 bits per heavy atom. The molecule has 0 bridgehead atoms. The monoisotopic (exact) mass is 437 g/mol. The Labute approximate surface area is 177 Å². The van der Waals surface area contributed by atoms with Gasteiger partial charge in [-0.3, -0.25) is 9.51 Å². The van der Waals surface area contributed by atoms with Crippen molar-refractivity contribution in [3.8, 4) is 17.1 Å². The molecular weight excluding hydrogens is 417 g/mol. The lowest BCUT2D eigenvalue weighted by Gasteiger charge is -2.15. The Morgan fingerprint density at radius 2 is 1.93 bits per heavy atom. The molecule has 0 amide bonds. The molecule has 1 fully saturated rings. The van der Waals surface area contributed by atoms with Gasteiger partial charge >= 0.3 is 5.76 Å². The van der Waals surface area contributed by atoms with Crippen LogP contribution < -0.4 is 15.8 Å². The fraction of sp³-hybridized carbons (Fsp3) is 0.300. The van der Waals surface area contributed by atoms with Crippen molar-refractivity contribution in [3.05, 3.63) is 69.1 Å². The first kappa shape index (κ1) is 21.4. The molecule has 4 rings (SSSR count). The van der Waals surface area contributed by atoms with E-state index in [0.29, 0.717) is 35.0 Å². The maximum atomic E-state index is 11.0. The van der Waals surface area contributed by atoms with Crippen molar-refractivity contribution in [2.75, 3.05) is 32.9 Å². The molecule has 3 aromatic rings. The minimum absolute atomic E-state index is 0.322. The summed E-state index contributed by atoms with van der Waals surface area (Å²) in [6.07, 6.45) is 0. The smallest absolute Gasteiger partial charge is 0.439 e. The molecule has 1 saturated heterocycles. The van der Waals surface area contributed by atoms with E-state index in [-0.39, 0.29) is 0 Å². The summed E-state index contributed by atoms with van der Waals surface area (Å²) in [6.45, 7) is 3.78. The average molecular weight is 438 g/mol. The molecule has 0 radical (unpaired) electrons. The van der Waals surface area contributed by atoms with E-state index >= 15 is 0 Å². The van der Waals surface area contributed by atoms with Crippen molar-refractivity contribution in [2.24, 2.45) is 5.92 Å². The van der Waals surface area contributed by atoms with Crippen molar-refractivity contribution in [1.82, 2.24) is 15.5 Å². The van der Waals surface area contributed by atoms with Gasteiger partial charge in [0.25, 0.3) is 0 Å². The molecule has 2 aromatic carbocycles. The van der Waals surface area contributed by atoms with Crippen LogP contribution in [-0.2, 0) is 4.74 Å². The summed E-state index contributed by atoms with van der Waals surface area (Å²) in [5.74, 6) is 0.867. The van der Waals surface area contributed by atoms with Gasteiger partial charge in [0.05, 0.1) is 29.9 Å². The fourth-order valence-corrected chi connectivity index (χ4v) is 2.88. The molecule has 1 aromatic heterocycles. The number of hydrogen-bond donors (Lipinski definition) is 2. The van der Waals surface area contributed by atoms with Gasteiger partial charge in [0, 0.05) is 24.6 Å². The molecule has 154 valence electrons. The van der Waals surface area contributed by atoms with Crippen LogP contribution in [0.4, 0.5) is 0 Å². The standard InChI is InChI=1S/C14H17N3O4.C6H4Cl2/c18-14-16-13(17-21-14)11-2-1-3-12(6-11)20-9-10-7-15-4-5-19-8-10;7-5-3-1-2-4-6(5)8/h1-3,6,10,15H,4-5,7-9H2,(H,16,17,18);1-4H. The van der Waals surface area contributed by atoms with Crippen molar-refractivity contribution in [2.45, 2.75) is 0 Å². The molecule has 2 heterocycles. The topological polar surface area (TPSA) is 89.4 Å². The Bertz CT molecular complexity index is 931. The second kappa shape index (κ2) is 11.0. The molecular formula is C20H21Cl2N3O4. The molecule has 29 heavy (non-hydrogen) atoms. The van der Waals surface area contributed by atoms with Gasteiger partial charge in [-0.25, -0.2) is 4.79 Å². The second-order valence-electron chi connectivity index (χ2n) is 6.34. The van der Waals surface area contributed by atoms with Crippen LogP contribution in [0.1, 0.15) is 0 Å². The molecule has 1 aliphatic heterocycles. The number of aromatic amines is 1. The number of nitrogens with zero attached hydrogens (tertiary/aromatic N) is 1. The maximum absolute atomic E-state index is 11.0. The van der Waals surface area contributed by atoms with E-state index in [1.807, 2.05) is 36.4 Å². The van der Waals surface area contributed by atoms with Gasteiger partial charge in [0.1, 0.15) is 5.75 Å². The quantitative estimate of drug-likeness (QED) is 0.647. The number of aromatic nitrogens is 2. The molecule has 0 aliphatic carbocycles. The highest BCUT2D eigenvalue weighted by atomic mass is 35.5. The first-order chi connectivity index (χ1) is 14.1. The summed E-state index contributed by atoms with van der Waals surface area (Å²) in [5.41, 5.74) is 0.744. The highest BCUT2D eigenvalue weighted by molar-refractivity contribution is 6.41. The normalized spacial score (nSPS) is 16.4. The Morgan fingerprint density at radius 1 is 1.14 bits per heavy atom. The largest absolute Gasteiger partial charge is 0.493 e. The molecule has 2 N–H and O–H groups in total. The van der Waals surface area contributed by atoms with E-state index < -0.39 is 5.76 Å². The predicted molar refractivity (Wildman–Crippen MR) is 112 cm³/mol. The van der Waals surface area contributed by atoms with Crippen molar-refractivity contribution < 1.29 is 14.0 Å². The number of benzene rings is 2. The van der Waals surface area contributed by atoms with Crippen LogP contribution in [0.25, 0.3) is 11.4 Å². The third-order valence-corrected chi connectivity index (χ3v) is 4.82. The molecule has 0 saturated carbocycles. The van der Waals surface area contributed by atoms with Gasteiger partial charge in [-0.1, -0.05) is 52.6 Å². The lowest BCUT2D eigenvalue weighted by atomic mass is 10.1. The number of H-pyrrole nitrogens is 1. The van der Waals surface area contributed by atoms with Crippen LogP contribution in [0.2, 0.25) is 10.0 Å². The summed E-state index contributed by atoms with van der Waals surface area (Å²) in [5, 5.41) is 8.18. The van der Waals surface area contributed by atoms with Gasteiger partial charge in [0.2, 0.25) is 0 Å². The number of halogens is 2. The molecule has 1 unspecified atom stereocenters. The Balaban J connectivity index is 0.000000252. The number of ether oxygens (including phenoxy) is 2. The minimum atomic E-state index is -0.571. The highest BCUT2D eigenvalue weighted by Gasteiger charge is 2.13. The van der Waals surface area contributed by atoms with Crippen LogP contribution in [0, 0.1) is 5.92 Å². The van der Waals surface area contributed by atoms with Crippen molar-refractivity contribution in [3.63, 3.8) is 0 Å². The van der Waals surface area contributed by atoms with Crippen LogP contribution in [0.5, 0.6) is 5.75 Å². The lowest BCUT2D eigenvalue weighted by Crippen LogP contribution is -2.27. The maximum Gasteiger partial charge on any atom is 0.439 e. The summed E-state index contributed by atoms with van der Waals surface area (Å²) in [7, 11) is 0. The Kier molecular flexibility index (Phi) is 8.13. The van der Waals surface area contributed by atoms with Gasteiger partial charge in [-0.05, 0) is 24.3 Å². The summed E-state index contributed by atoms with van der Waals surface area (Å²) in [6, 6.07) is 14.6. The van der Waals surface area contributed by atoms with Gasteiger partial charge < -0.3 is 14.8 Å². The van der Waals surface area contributed by atoms with Gasteiger partial charge in [-0.2, -0.15) is 0 Å². The zero-order valence-corrected chi connectivity index (χ0v) is 17.1. The first-order valence-corrected chi connectivity index (χ1v) is 9.85. The van der Waals surface area contributed by atoms with E-state index in [4.69, 9.17) is 32.7 Å². The first-order valence-electron chi connectivity index (χ1n) is 9.09. The van der Waals surface area contributed by atoms with Crippen LogP contribution in [0.15, 0.2) is 57.8 Å². The second-order valence-corrected chi connectivity index (χ2v) is 7.16. The zero-order valence-electron chi connectivity index (χ0n) is 15.6. The number of hydrogen-bond acceptors (Lipinski definition) is 6. The molecule has 0 spiro atoms. The lowest BCUT2D eigenvalue weighted by molar-refractivity contribution is 0.102. The number of nitrogens with one attached hydrogen (secondary N) is 2. The van der Waals surface area contributed by atoms with Gasteiger partial charge in [-0.15, -0.1) is 0 Å². The zero-order chi connectivity index (χ0) is 20.5. The molecule has 1 atom stereocenters. The van der Waals surface area contributed by atoms with E-state index in [9.17, 15) is 4.79 Å².